The van der Waals surface area contributed by atoms with E-state index in [1.54, 1.807) is 6.92 Å². The molecule has 1 aliphatic carbocycles. The van der Waals surface area contributed by atoms with Gasteiger partial charge >= 0.3 is 11.9 Å². The summed E-state index contributed by atoms with van der Waals surface area (Å²) in [6, 6.07) is 0. The van der Waals surface area contributed by atoms with Crippen LogP contribution in [0.4, 0.5) is 0 Å². The third-order valence-electron chi connectivity index (χ3n) is 5.57. The van der Waals surface area contributed by atoms with Crippen molar-refractivity contribution in [1.29, 1.82) is 0 Å². The topological polar surface area (TPSA) is 171 Å². The number of hydrogen-bond donors (Lipinski definition) is 5. The van der Waals surface area contributed by atoms with Crippen LogP contribution in [0.5, 0.6) is 0 Å². The normalized spacial score (nSPS) is 21.7. The average molecular weight is 485 g/mol. The highest BCUT2D eigenvalue weighted by Crippen LogP contribution is 2.40. The zero-order valence-electron chi connectivity index (χ0n) is 20.1. The Kier molecular flexibility index (Phi) is 11.3. The Labute approximate surface area is 199 Å². The predicted octanol–water partition coefficient (Wildman–Crippen LogP) is 0.105. The smallest absolute Gasteiger partial charge is 0.307 e. The lowest BCUT2D eigenvalue weighted by Gasteiger charge is -2.36. The molecule has 0 aromatic rings. The Balaban J connectivity index is 2.59. The van der Waals surface area contributed by atoms with Gasteiger partial charge in [-0.1, -0.05) is 38.2 Å². The SMILES string of the molecule is C=C(C)/C=C/C1=C(C)C(=O)C(OC(=O)CCC(=O)OCC(O)C(O)C(O)C(O)CO)CC1(C)C. The van der Waals surface area contributed by atoms with Crippen molar-refractivity contribution in [2.45, 2.75) is 77.5 Å². The van der Waals surface area contributed by atoms with Gasteiger partial charge in [-0.2, -0.15) is 0 Å². The van der Waals surface area contributed by atoms with Crippen molar-refractivity contribution < 1.29 is 49.4 Å². The Morgan fingerprint density at radius 3 is 2.24 bits per heavy atom. The summed E-state index contributed by atoms with van der Waals surface area (Å²) in [5, 5.41) is 47.0. The van der Waals surface area contributed by atoms with Crippen molar-refractivity contribution in [3.05, 3.63) is 35.5 Å². The molecule has 0 aromatic heterocycles. The average Bonchev–Trinajstić information content (AvgIpc) is 2.77. The molecule has 0 bridgehead atoms. The number of carbonyl (C=O) groups excluding carboxylic acids is 3. The van der Waals surface area contributed by atoms with Gasteiger partial charge in [-0.3, -0.25) is 14.4 Å². The van der Waals surface area contributed by atoms with E-state index < -0.39 is 67.5 Å². The highest BCUT2D eigenvalue weighted by atomic mass is 16.6. The second kappa shape index (κ2) is 12.9. The quantitative estimate of drug-likeness (QED) is 0.189. The van der Waals surface area contributed by atoms with Gasteiger partial charge in [0.25, 0.3) is 0 Å². The van der Waals surface area contributed by atoms with Gasteiger partial charge in [0.1, 0.15) is 31.0 Å². The number of ether oxygens (including phenoxy) is 2. The fourth-order valence-corrected chi connectivity index (χ4v) is 3.55. The standard InChI is InChI=1S/C24H36O10/c1-13(2)6-7-15-14(3)21(30)18(10-24(15,4)5)34-20(29)9-8-19(28)33-12-17(27)23(32)22(31)16(26)11-25/h6-7,16-18,22-23,25-27,31-32H,1,8-12H2,2-5H3/b7-6+. The lowest BCUT2D eigenvalue weighted by molar-refractivity contribution is -0.161. The van der Waals surface area contributed by atoms with E-state index in [4.69, 9.17) is 14.6 Å². The van der Waals surface area contributed by atoms with Gasteiger partial charge in [0.2, 0.25) is 0 Å². The molecule has 0 fully saturated rings. The van der Waals surface area contributed by atoms with Crippen LogP contribution in [0.1, 0.15) is 47.0 Å². The third kappa shape index (κ3) is 8.44. The maximum Gasteiger partial charge on any atom is 0.307 e. The van der Waals surface area contributed by atoms with E-state index in [0.717, 1.165) is 11.1 Å². The zero-order chi connectivity index (χ0) is 26.2. The number of ketones is 1. The molecule has 0 saturated heterocycles. The molecule has 0 spiro atoms. The van der Waals surface area contributed by atoms with Crippen molar-refractivity contribution in [2.24, 2.45) is 5.41 Å². The van der Waals surface area contributed by atoms with Crippen molar-refractivity contribution in [1.82, 2.24) is 0 Å². The van der Waals surface area contributed by atoms with Crippen molar-refractivity contribution in [3.63, 3.8) is 0 Å². The van der Waals surface area contributed by atoms with Gasteiger partial charge in [0.15, 0.2) is 11.9 Å². The van der Waals surface area contributed by atoms with Crippen LogP contribution in [-0.2, 0) is 23.9 Å². The van der Waals surface area contributed by atoms with Gasteiger partial charge in [-0.15, -0.1) is 0 Å². The number of aliphatic hydroxyl groups excluding tert-OH is 5. The first-order valence-corrected chi connectivity index (χ1v) is 11.0. The summed E-state index contributed by atoms with van der Waals surface area (Å²) >= 11 is 0. The fraction of sp³-hybridized carbons (Fsp3) is 0.625. The number of esters is 2. The van der Waals surface area contributed by atoms with Crippen LogP contribution in [0.3, 0.4) is 0 Å². The van der Waals surface area contributed by atoms with Crippen molar-refractivity contribution in [2.75, 3.05) is 13.2 Å². The summed E-state index contributed by atoms with van der Waals surface area (Å²) < 4.78 is 10.1. The van der Waals surface area contributed by atoms with Gasteiger partial charge in [0, 0.05) is 6.42 Å². The largest absolute Gasteiger partial charge is 0.463 e. The van der Waals surface area contributed by atoms with Crippen molar-refractivity contribution in [3.8, 4) is 0 Å². The zero-order valence-corrected chi connectivity index (χ0v) is 20.1. The van der Waals surface area contributed by atoms with E-state index in [0.29, 0.717) is 5.57 Å². The fourth-order valence-electron chi connectivity index (χ4n) is 3.55. The minimum atomic E-state index is -1.87. The summed E-state index contributed by atoms with van der Waals surface area (Å²) in [6.45, 7) is 9.67. The van der Waals surface area contributed by atoms with Crippen LogP contribution in [-0.4, -0.2) is 87.0 Å². The van der Waals surface area contributed by atoms with Crippen LogP contribution >= 0.6 is 0 Å². The molecule has 5 N–H and O–H groups in total. The Morgan fingerprint density at radius 1 is 1.12 bits per heavy atom. The highest BCUT2D eigenvalue weighted by Gasteiger charge is 2.40. The molecule has 0 heterocycles. The Hall–Kier alpha value is -2.37. The maximum atomic E-state index is 12.7. The van der Waals surface area contributed by atoms with E-state index >= 15 is 0 Å². The van der Waals surface area contributed by atoms with Gasteiger partial charge < -0.3 is 35.0 Å². The molecule has 34 heavy (non-hydrogen) atoms. The van der Waals surface area contributed by atoms with Crippen LogP contribution in [0.15, 0.2) is 35.5 Å². The van der Waals surface area contributed by atoms with E-state index in [9.17, 15) is 34.8 Å². The van der Waals surface area contributed by atoms with Crippen LogP contribution in [0.2, 0.25) is 0 Å². The highest BCUT2D eigenvalue weighted by molar-refractivity contribution is 6.01. The Bertz CT molecular complexity index is 826. The van der Waals surface area contributed by atoms with Crippen molar-refractivity contribution >= 4 is 17.7 Å². The molecule has 0 aromatic carbocycles. The molecule has 0 aliphatic heterocycles. The maximum absolute atomic E-state index is 12.7. The Morgan fingerprint density at radius 2 is 1.68 bits per heavy atom. The van der Waals surface area contributed by atoms with E-state index in [1.165, 1.54) is 0 Å². The predicted molar refractivity (Wildman–Crippen MR) is 121 cm³/mol. The minimum absolute atomic E-state index is 0.279. The molecule has 1 aliphatic rings. The molecule has 5 atom stereocenters. The molecule has 10 heteroatoms. The molecule has 0 amide bonds. The summed E-state index contributed by atoms with van der Waals surface area (Å²) in [6.07, 6.45) is -4.91. The summed E-state index contributed by atoms with van der Waals surface area (Å²) in [7, 11) is 0. The van der Waals surface area contributed by atoms with Crippen LogP contribution in [0.25, 0.3) is 0 Å². The van der Waals surface area contributed by atoms with E-state index in [1.807, 2.05) is 32.9 Å². The number of aliphatic hydroxyl groups is 5. The number of carbonyl (C=O) groups is 3. The first-order valence-electron chi connectivity index (χ1n) is 11.0. The number of Topliss-reactive ketones (excluding diaryl/α,β-unsaturated/α-hetero) is 1. The summed E-state index contributed by atoms with van der Waals surface area (Å²) in [4.78, 5) is 36.8. The van der Waals surface area contributed by atoms with E-state index in [2.05, 4.69) is 6.58 Å². The lowest BCUT2D eigenvalue weighted by atomic mass is 9.71. The van der Waals surface area contributed by atoms with Gasteiger partial charge in [-0.05, 0) is 30.4 Å². The second-order valence-corrected chi connectivity index (χ2v) is 9.13. The summed E-state index contributed by atoms with van der Waals surface area (Å²) in [5.74, 6) is -1.95. The number of hydrogen-bond acceptors (Lipinski definition) is 10. The van der Waals surface area contributed by atoms with Gasteiger partial charge in [0.05, 0.1) is 19.4 Å². The monoisotopic (exact) mass is 484 g/mol. The molecule has 0 saturated carbocycles. The van der Waals surface area contributed by atoms with E-state index in [-0.39, 0.29) is 18.6 Å². The molecular formula is C24H36O10. The third-order valence-corrected chi connectivity index (χ3v) is 5.57. The number of rotatable bonds is 12. The molecule has 192 valence electrons. The number of allylic oxidation sites excluding steroid dienone is 4. The first-order chi connectivity index (χ1) is 15.7. The first kappa shape index (κ1) is 29.7. The molecule has 10 nitrogen and oxygen atoms in total. The minimum Gasteiger partial charge on any atom is -0.463 e. The van der Waals surface area contributed by atoms with Crippen LogP contribution < -0.4 is 0 Å². The molecular weight excluding hydrogens is 448 g/mol. The lowest BCUT2D eigenvalue weighted by Crippen LogP contribution is -2.47. The second-order valence-electron chi connectivity index (χ2n) is 9.13. The van der Waals surface area contributed by atoms with Crippen LogP contribution in [0, 0.1) is 5.41 Å². The molecule has 1 rings (SSSR count). The molecule has 0 radical (unpaired) electrons. The molecule has 5 unspecified atom stereocenters. The summed E-state index contributed by atoms with van der Waals surface area (Å²) in [5.41, 5.74) is 1.74. The van der Waals surface area contributed by atoms with Gasteiger partial charge in [-0.25, -0.2) is 0 Å².